The molecule has 0 saturated carbocycles. The zero-order valence-electron chi connectivity index (χ0n) is 10.00. The van der Waals surface area contributed by atoms with E-state index in [1.165, 1.54) is 29.7 Å². The molecule has 0 aromatic carbocycles. The lowest BCUT2D eigenvalue weighted by Gasteiger charge is -2.16. The maximum absolute atomic E-state index is 11.9. The molecule has 1 N–H and O–H groups in total. The Morgan fingerprint density at radius 2 is 2.44 bits per heavy atom. The fraction of sp³-hybridized carbons (Fsp3) is 0.417. The molecular weight excluding hydrogens is 252 g/mol. The van der Waals surface area contributed by atoms with Gasteiger partial charge >= 0.3 is 0 Å². The summed E-state index contributed by atoms with van der Waals surface area (Å²) in [4.78, 5) is 28.3. The minimum atomic E-state index is -0.0573. The number of pyridine rings is 1. The minimum Gasteiger partial charge on any atom is -0.504 e. The van der Waals surface area contributed by atoms with Crippen molar-refractivity contribution in [1.82, 2.24) is 4.98 Å². The van der Waals surface area contributed by atoms with Gasteiger partial charge in [-0.25, -0.2) is 4.98 Å². The molecule has 0 bridgehead atoms. The Morgan fingerprint density at radius 3 is 3.11 bits per heavy atom. The van der Waals surface area contributed by atoms with Crippen LogP contribution in [-0.2, 0) is 9.59 Å². The second kappa shape index (κ2) is 5.39. The molecule has 1 amide bonds. The van der Waals surface area contributed by atoms with Gasteiger partial charge in [-0.2, -0.15) is 0 Å². The number of thioether (sulfide) groups is 1. The van der Waals surface area contributed by atoms with Crippen LogP contribution in [0.25, 0.3) is 0 Å². The summed E-state index contributed by atoms with van der Waals surface area (Å²) < 4.78 is 0. The lowest BCUT2D eigenvalue weighted by molar-refractivity contribution is -0.117. The third kappa shape index (κ3) is 2.81. The summed E-state index contributed by atoms with van der Waals surface area (Å²) in [5.74, 6) is 1.01. The van der Waals surface area contributed by atoms with E-state index >= 15 is 0 Å². The first-order valence-corrected chi connectivity index (χ1v) is 6.64. The van der Waals surface area contributed by atoms with Gasteiger partial charge in [0.05, 0.1) is 0 Å². The normalized spacial score (nSPS) is 19.3. The summed E-state index contributed by atoms with van der Waals surface area (Å²) in [6.07, 6.45) is 1.94. The number of hydrogen-bond acceptors (Lipinski definition) is 5. The Morgan fingerprint density at radius 1 is 1.67 bits per heavy atom. The number of amides is 1. The largest absolute Gasteiger partial charge is 0.504 e. The molecule has 1 saturated heterocycles. The molecule has 2 rings (SSSR count). The van der Waals surface area contributed by atoms with Gasteiger partial charge in [-0.1, -0.05) is 11.8 Å². The Hall–Kier alpha value is -1.56. The van der Waals surface area contributed by atoms with Crippen molar-refractivity contribution in [2.24, 2.45) is 5.92 Å². The van der Waals surface area contributed by atoms with Crippen LogP contribution in [-0.4, -0.2) is 33.4 Å². The van der Waals surface area contributed by atoms with Crippen molar-refractivity contribution in [1.29, 1.82) is 0 Å². The van der Waals surface area contributed by atoms with Crippen LogP contribution in [0.4, 0.5) is 5.82 Å². The molecule has 0 spiro atoms. The fourth-order valence-electron chi connectivity index (χ4n) is 1.93. The number of rotatable bonds is 3. The van der Waals surface area contributed by atoms with Crippen LogP contribution < -0.4 is 4.90 Å². The first kappa shape index (κ1) is 12.9. The van der Waals surface area contributed by atoms with Crippen LogP contribution in [0.5, 0.6) is 5.75 Å². The highest BCUT2D eigenvalue weighted by molar-refractivity contribution is 8.13. The molecule has 0 aliphatic carbocycles. The first-order chi connectivity index (χ1) is 8.58. The molecule has 6 heteroatoms. The lowest BCUT2D eigenvalue weighted by Crippen LogP contribution is -2.25. The van der Waals surface area contributed by atoms with E-state index in [1.807, 2.05) is 0 Å². The molecule has 1 aliphatic rings. The van der Waals surface area contributed by atoms with Gasteiger partial charge in [0.2, 0.25) is 5.91 Å². The third-order valence-electron chi connectivity index (χ3n) is 2.75. The Balaban J connectivity index is 2.06. The van der Waals surface area contributed by atoms with Gasteiger partial charge in [-0.15, -0.1) is 0 Å². The zero-order chi connectivity index (χ0) is 13.1. The smallest absolute Gasteiger partial charge is 0.228 e. The predicted octanol–water partition coefficient (Wildman–Crippen LogP) is 1.42. The van der Waals surface area contributed by atoms with Crippen molar-refractivity contribution in [3.63, 3.8) is 0 Å². The van der Waals surface area contributed by atoms with Gasteiger partial charge < -0.3 is 5.11 Å². The minimum absolute atomic E-state index is 0.00530. The molecule has 1 unspecified atom stereocenters. The molecule has 5 nitrogen and oxygen atoms in total. The molecular formula is C12H14N2O3S. The van der Waals surface area contributed by atoms with Crippen LogP contribution in [0.2, 0.25) is 0 Å². The monoisotopic (exact) mass is 266 g/mol. The average molecular weight is 266 g/mol. The summed E-state index contributed by atoms with van der Waals surface area (Å²) in [6, 6.07) is 3.12. The van der Waals surface area contributed by atoms with E-state index in [0.717, 1.165) is 0 Å². The number of hydrogen-bond donors (Lipinski definition) is 1. The highest BCUT2D eigenvalue weighted by Gasteiger charge is 2.32. The number of carbonyl (C=O) groups is 2. The summed E-state index contributed by atoms with van der Waals surface area (Å²) >= 11 is 1.23. The molecule has 1 fully saturated rings. The Labute approximate surface area is 109 Å². The summed E-state index contributed by atoms with van der Waals surface area (Å²) in [5.41, 5.74) is 0. The lowest BCUT2D eigenvalue weighted by atomic mass is 10.1. The maximum atomic E-state index is 11.9. The maximum Gasteiger partial charge on any atom is 0.228 e. The third-order valence-corrected chi connectivity index (χ3v) is 3.79. The van der Waals surface area contributed by atoms with E-state index in [9.17, 15) is 14.7 Å². The van der Waals surface area contributed by atoms with Gasteiger partial charge in [-0.05, 0) is 18.1 Å². The average Bonchev–Trinajstić information content (AvgIpc) is 2.69. The summed E-state index contributed by atoms with van der Waals surface area (Å²) in [5, 5.41) is 9.73. The quantitative estimate of drug-likeness (QED) is 0.896. The van der Waals surface area contributed by atoms with Crippen LogP contribution >= 0.6 is 11.8 Å². The van der Waals surface area contributed by atoms with Gasteiger partial charge in [0.25, 0.3) is 0 Å². The van der Waals surface area contributed by atoms with E-state index in [-0.39, 0.29) is 22.7 Å². The second-order valence-corrected chi connectivity index (χ2v) is 5.42. The molecule has 1 aliphatic heterocycles. The summed E-state index contributed by atoms with van der Waals surface area (Å²) in [7, 11) is 0. The van der Waals surface area contributed by atoms with E-state index < -0.39 is 0 Å². The molecule has 96 valence electrons. The zero-order valence-corrected chi connectivity index (χ0v) is 10.8. The van der Waals surface area contributed by atoms with Crippen LogP contribution in [0.1, 0.15) is 13.3 Å². The van der Waals surface area contributed by atoms with Crippen molar-refractivity contribution in [3.05, 3.63) is 18.3 Å². The van der Waals surface area contributed by atoms with Crippen molar-refractivity contribution in [3.8, 4) is 5.75 Å². The molecule has 0 radical (unpaired) electrons. The number of nitrogens with zero attached hydrogens (tertiary/aromatic N) is 2. The van der Waals surface area contributed by atoms with Gasteiger partial charge in [0.15, 0.2) is 16.7 Å². The van der Waals surface area contributed by atoms with Crippen LogP contribution in [0.15, 0.2) is 18.3 Å². The van der Waals surface area contributed by atoms with Crippen molar-refractivity contribution in [2.45, 2.75) is 13.3 Å². The van der Waals surface area contributed by atoms with Gasteiger partial charge in [0.1, 0.15) is 0 Å². The van der Waals surface area contributed by atoms with Gasteiger partial charge in [-0.3, -0.25) is 14.5 Å². The SMILES string of the molecule is CC(=O)SCC1CC(=O)N(c2ncccc2O)C1. The Kier molecular flexibility index (Phi) is 3.86. The van der Waals surface area contributed by atoms with Crippen molar-refractivity contribution in [2.75, 3.05) is 17.2 Å². The number of aromatic hydroxyl groups is 1. The summed E-state index contributed by atoms with van der Waals surface area (Å²) in [6.45, 7) is 2.02. The molecule has 1 aromatic rings. The molecule has 1 aromatic heterocycles. The van der Waals surface area contributed by atoms with Crippen molar-refractivity contribution >= 4 is 28.6 Å². The van der Waals surface area contributed by atoms with Crippen LogP contribution in [0.3, 0.4) is 0 Å². The molecule has 2 heterocycles. The molecule has 1 atom stereocenters. The number of anilines is 1. The number of aromatic nitrogens is 1. The Bertz CT molecular complexity index is 478. The highest BCUT2D eigenvalue weighted by Crippen LogP contribution is 2.31. The predicted molar refractivity (Wildman–Crippen MR) is 69.5 cm³/mol. The van der Waals surface area contributed by atoms with Gasteiger partial charge in [0, 0.05) is 31.8 Å². The van der Waals surface area contributed by atoms with E-state index in [0.29, 0.717) is 24.5 Å². The first-order valence-electron chi connectivity index (χ1n) is 5.65. The molecule has 18 heavy (non-hydrogen) atoms. The van der Waals surface area contributed by atoms with E-state index in [4.69, 9.17) is 0 Å². The number of carbonyl (C=O) groups excluding carboxylic acids is 2. The second-order valence-electron chi connectivity index (χ2n) is 4.22. The fourth-order valence-corrected chi connectivity index (χ4v) is 2.62. The van der Waals surface area contributed by atoms with E-state index in [2.05, 4.69) is 4.98 Å². The van der Waals surface area contributed by atoms with Crippen molar-refractivity contribution < 1.29 is 14.7 Å². The standard InChI is InChI=1S/C12H14N2O3S/c1-8(15)18-7-9-5-11(17)14(6-9)12-10(16)3-2-4-13-12/h2-4,9,16H,5-7H2,1H3. The topological polar surface area (TPSA) is 70.5 Å². The van der Waals surface area contributed by atoms with Crippen LogP contribution in [0, 0.1) is 5.92 Å². The van der Waals surface area contributed by atoms with E-state index in [1.54, 1.807) is 12.3 Å². The highest BCUT2D eigenvalue weighted by atomic mass is 32.2.